The zero-order chi connectivity index (χ0) is 77.4. The number of aliphatic hydroxyl groups excluding tert-OH is 1. The molecule has 0 saturated heterocycles. The van der Waals surface area contributed by atoms with Crippen molar-refractivity contribution in [3.8, 4) is 0 Å². The Balaban J connectivity index is 5.45. The van der Waals surface area contributed by atoms with Crippen LogP contribution in [0.15, 0.2) is 146 Å². The zero-order valence-corrected chi connectivity index (χ0v) is 68.1. The fourth-order valence-corrected chi connectivity index (χ4v) is 12.2. The van der Waals surface area contributed by atoms with Crippen LogP contribution in [-0.4, -0.2) is 96.7 Å². The number of hydrogen-bond acceptors (Lipinski definition) is 15. The lowest BCUT2D eigenvalue weighted by Gasteiger charge is -2.21. The molecule has 19 heteroatoms. The van der Waals surface area contributed by atoms with E-state index in [0.29, 0.717) is 32.1 Å². The van der Waals surface area contributed by atoms with Crippen LogP contribution in [0.25, 0.3) is 0 Å². The number of phosphoric ester groups is 2. The number of allylic oxidation sites excluding steroid dienone is 24. The fourth-order valence-electron chi connectivity index (χ4n) is 10.6. The molecule has 5 atom stereocenters. The Morgan fingerprint density at radius 1 is 0.274 bits per heavy atom. The van der Waals surface area contributed by atoms with Gasteiger partial charge in [-0.25, -0.2) is 9.13 Å². The van der Waals surface area contributed by atoms with Gasteiger partial charge in [-0.05, 0) is 128 Å². The van der Waals surface area contributed by atoms with Gasteiger partial charge < -0.3 is 33.8 Å². The molecular weight excluding hydrogens is 1380 g/mol. The number of unbranched alkanes of at least 4 members (excludes halogenated alkanes) is 26. The maximum atomic E-state index is 13.1. The Morgan fingerprint density at radius 3 is 0.849 bits per heavy atom. The number of esters is 4. The van der Waals surface area contributed by atoms with Crippen molar-refractivity contribution < 1.29 is 80.2 Å². The van der Waals surface area contributed by atoms with Crippen LogP contribution in [0.5, 0.6) is 0 Å². The largest absolute Gasteiger partial charge is 0.472 e. The highest BCUT2D eigenvalue weighted by molar-refractivity contribution is 7.47. The van der Waals surface area contributed by atoms with Gasteiger partial charge in [0.2, 0.25) is 0 Å². The monoisotopic (exact) mass is 1530 g/mol. The first-order valence-corrected chi connectivity index (χ1v) is 44.1. The summed E-state index contributed by atoms with van der Waals surface area (Å²) in [5.74, 6) is -2.30. The maximum Gasteiger partial charge on any atom is 0.472 e. The molecule has 17 nitrogen and oxygen atoms in total. The van der Waals surface area contributed by atoms with Crippen molar-refractivity contribution in [3.63, 3.8) is 0 Å². The Labute approximate surface area is 643 Å². The van der Waals surface area contributed by atoms with Gasteiger partial charge >= 0.3 is 39.5 Å². The van der Waals surface area contributed by atoms with Gasteiger partial charge in [0, 0.05) is 25.7 Å². The Kier molecular flexibility index (Phi) is 74.3. The van der Waals surface area contributed by atoms with E-state index in [4.69, 9.17) is 37.0 Å². The van der Waals surface area contributed by atoms with Crippen molar-refractivity contribution in [1.29, 1.82) is 0 Å². The third-order valence-corrected chi connectivity index (χ3v) is 18.7. The van der Waals surface area contributed by atoms with Gasteiger partial charge in [-0.3, -0.25) is 37.3 Å². The number of rotatable bonds is 76. The summed E-state index contributed by atoms with van der Waals surface area (Å²) >= 11 is 0. The summed E-state index contributed by atoms with van der Waals surface area (Å²) in [6.07, 6.45) is 89.8. The Hall–Kier alpha value is -5.06. The Bertz CT molecular complexity index is 2580. The third kappa shape index (κ3) is 77.1. The number of ether oxygens (including phenoxy) is 4. The van der Waals surface area contributed by atoms with Gasteiger partial charge in [-0.2, -0.15) is 0 Å². The van der Waals surface area contributed by atoms with Crippen LogP contribution in [0.4, 0.5) is 0 Å². The predicted octanol–water partition coefficient (Wildman–Crippen LogP) is 24.2. The zero-order valence-electron chi connectivity index (χ0n) is 66.3. The van der Waals surface area contributed by atoms with Gasteiger partial charge in [-0.1, -0.05) is 315 Å². The van der Waals surface area contributed by atoms with Gasteiger partial charge in [0.05, 0.1) is 26.4 Å². The van der Waals surface area contributed by atoms with E-state index in [1.165, 1.54) is 70.6 Å². The van der Waals surface area contributed by atoms with Crippen molar-refractivity contribution in [2.45, 2.75) is 341 Å². The molecule has 0 saturated carbocycles. The highest BCUT2D eigenvalue weighted by Crippen LogP contribution is 2.45. The molecule has 0 aliphatic heterocycles. The molecule has 0 fully saturated rings. The smallest absolute Gasteiger partial charge is 0.462 e. The summed E-state index contributed by atoms with van der Waals surface area (Å²) in [6.45, 7) is 4.49. The lowest BCUT2D eigenvalue weighted by Crippen LogP contribution is -2.30. The average molecular weight is 1530 g/mol. The molecule has 0 amide bonds. The van der Waals surface area contributed by atoms with E-state index < -0.39 is 97.5 Å². The van der Waals surface area contributed by atoms with E-state index in [1.54, 1.807) is 0 Å². The molecular formula is C87H146O17P2. The van der Waals surface area contributed by atoms with Gasteiger partial charge in [0.15, 0.2) is 12.2 Å². The van der Waals surface area contributed by atoms with Gasteiger partial charge in [0.1, 0.15) is 19.3 Å². The maximum absolute atomic E-state index is 13.1. The molecule has 606 valence electrons. The molecule has 0 rings (SSSR count). The molecule has 0 aromatic rings. The number of phosphoric acid groups is 2. The molecule has 0 heterocycles. The van der Waals surface area contributed by atoms with Crippen LogP contribution in [0.1, 0.15) is 323 Å². The van der Waals surface area contributed by atoms with Crippen LogP contribution < -0.4 is 0 Å². The van der Waals surface area contributed by atoms with Crippen molar-refractivity contribution in [2.75, 3.05) is 39.6 Å². The second-order valence-electron chi connectivity index (χ2n) is 27.0. The fraction of sp³-hybridized carbons (Fsp3) is 0.678. The Morgan fingerprint density at radius 2 is 0.528 bits per heavy atom. The summed E-state index contributed by atoms with van der Waals surface area (Å²) in [7, 11) is -9.99. The van der Waals surface area contributed by atoms with E-state index in [0.717, 1.165) is 167 Å². The number of hydrogen-bond donors (Lipinski definition) is 3. The van der Waals surface area contributed by atoms with Gasteiger partial charge in [-0.15, -0.1) is 0 Å². The first kappa shape index (κ1) is 101. The minimum absolute atomic E-state index is 0.0285. The van der Waals surface area contributed by atoms with Crippen LogP contribution in [-0.2, 0) is 65.4 Å². The molecule has 5 unspecified atom stereocenters. The molecule has 0 aliphatic rings. The van der Waals surface area contributed by atoms with Crippen molar-refractivity contribution >= 4 is 39.5 Å². The number of aliphatic hydroxyl groups is 1. The average Bonchev–Trinajstić information content (AvgIpc) is 0.903. The summed E-state index contributed by atoms with van der Waals surface area (Å²) in [6, 6.07) is 0. The summed E-state index contributed by atoms with van der Waals surface area (Å²) in [5, 5.41) is 10.7. The van der Waals surface area contributed by atoms with Crippen LogP contribution >= 0.6 is 15.6 Å². The molecule has 0 aliphatic carbocycles. The van der Waals surface area contributed by atoms with Crippen molar-refractivity contribution in [1.82, 2.24) is 0 Å². The van der Waals surface area contributed by atoms with Crippen molar-refractivity contribution in [2.24, 2.45) is 0 Å². The number of carbonyl (C=O) groups excluding carboxylic acids is 4. The quantitative estimate of drug-likeness (QED) is 0.0169. The van der Waals surface area contributed by atoms with Crippen LogP contribution in [0, 0.1) is 0 Å². The van der Waals surface area contributed by atoms with E-state index in [9.17, 15) is 43.2 Å². The molecule has 106 heavy (non-hydrogen) atoms. The minimum Gasteiger partial charge on any atom is -0.462 e. The lowest BCUT2D eigenvalue weighted by molar-refractivity contribution is -0.161. The first-order valence-electron chi connectivity index (χ1n) is 41.1. The second kappa shape index (κ2) is 78.1. The van der Waals surface area contributed by atoms with E-state index >= 15 is 0 Å². The molecule has 0 aromatic carbocycles. The molecule has 0 radical (unpaired) electrons. The van der Waals surface area contributed by atoms with Crippen molar-refractivity contribution in [3.05, 3.63) is 146 Å². The highest BCUT2D eigenvalue weighted by atomic mass is 31.2. The first-order chi connectivity index (χ1) is 51.7. The van der Waals surface area contributed by atoms with Crippen LogP contribution in [0.3, 0.4) is 0 Å². The topological polar surface area (TPSA) is 237 Å². The third-order valence-electron chi connectivity index (χ3n) is 16.8. The van der Waals surface area contributed by atoms with E-state index in [1.807, 2.05) is 18.2 Å². The van der Waals surface area contributed by atoms with E-state index in [2.05, 4.69) is 155 Å². The lowest BCUT2D eigenvalue weighted by atomic mass is 10.0. The second-order valence-corrected chi connectivity index (χ2v) is 29.9. The molecule has 0 aromatic heterocycles. The number of carbonyl (C=O) groups is 4. The predicted molar refractivity (Wildman–Crippen MR) is 436 cm³/mol. The molecule has 0 spiro atoms. The van der Waals surface area contributed by atoms with Gasteiger partial charge in [0.25, 0.3) is 0 Å². The minimum atomic E-state index is -5.01. The molecule has 0 bridgehead atoms. The van der Waals surface area contributed by atoms with Crippen LogP contribution in [0.2, 0.25) is 0 Å². The highest BCUT2D eigenvalue weighted by Gasteiger charge is 2.30. The van der Waals surface area contributed by atoms with E-state index in [-0.39, 0.29) is 25.7 Å². The summed E-state index contributed by atoms with van der Waals surface area (Å²) in [5.41, 5.74) is 0. The normalized spacial score (nSPS) is 14.6. The SMILES string of the molecule is CC/C=C\C/C=C\C/C=C\C/C=C\C/C=C\C/C=C\CCC(=O)OCC(COP(=O)(O)OCC(O)COP(=O)(O)OCC(COC(=O)CCCCCCCCCCCCCCCCC)OC(=O)CCCCCCC/C=C\C/C=C\CCC)OC(=O)CCCCCCCC/C=C\C/C=C\C/C=C\C/C=C\CC. The molecule has 3 N–H and O–H groups in total. The summed E-state index contributed by atoms with van der Waals surface area (Å²) < 4.78 is 68.6. The standard InChI is InChI=1S/C87H146O17P2/c1-5-9-13-17-21-25-29-33-36-38-40-42-45-49-52-56-60-64-68-72-85(90)98-78-83(104-87(92)74-70-66-62-58-54-50-46-43-41-39-37-34-30-26-22-18-14-10-6-2)80-102-106(95,96)100-76-81(88)75-99-105(93,94)101-79-82(103-86(91)73-69-65-61-57-53-47-32-28-24-20-16-12-8-4)77-97-84(89)71-67-63-59-55-51-48-44-35-31-27-23-19-15-11-7-3/h9-10,13-14,16,20-22,25-26,28,32-34,36-37,40-43,49,52,60,64,81-83,88H,5-8,11-12,15,17-19,23-24,27,29-31,35,38-39,44-48,50-51,53-59,61-63,65-80H2,1-4H3,(H,93,94)(H,95,96)/b13-9-,14-10-,20-16-,25-21-,26-22-,32-28-,36-33-,37-34-,42-40-,43-41-,52-49-,64-60-. The summed E-state index contributed by atoms with van der Waals surface area (Å²) in [4.78, 5) is 73.1.